The van der Waals surface area contributed by atoms with Crippen molar-refractivity contribution in [1.82, 2.24) is 5.32 Å². The van der Waals surface area contributed by atoms with E-state index in [9.17, 15) is 4.39 Å². The predicted molar refractivity (Wildman–Crippen MR) is 71.9 cm³/mol. The van der Waals surface area contributed by atoms with Crippen molar-refractivity contribution in [3.63, 3.8) is 0 Å². The molecule has 0 amide bonds. The summed E-state index contributed by atoms with van der Waals surface area (Å²) in [5.41, 5.74) is 2.91. The Hall–Kier alpha value is -1.09. The molecule has 1 unspecified atom stereocenters. The Morgan fingerprint density at radius 1 is 1.28 bits per heavy atom. The van der Waals surface area contributed by atoms with Crippen LogP contribution in [0.15, 0.2) is 12.1 Å². The smallest absolute Gasteiger partial charge is 0.132 e. The number of methoxy groups -OCH3 is 1. The van der Waals surface area contributed by atoms with Gasteiger partial charge in [-0.15, -0.1) is 0 Å². The molecule has 100 valence electrons. The fourth-order valence-corrected chi connectivity index (χ4v) is 2.69. The molecular weight excluding hydrogens is 229 g/mol. The molecule has 2 nitrogen and oxygen atoms in total. The molecule has 1 heterocycles. The first-order chi connectivity index (χ1) is 8.65. The third kappa shape index (κ3) is 2.51. The molecule has 0 bridgehead atoms. The number of aryl methyl sites for hydroxylation is 1. The van der Waals surface area contributed by atoms with E-state index in [1.165, 1.54) is 0 Å². The van der Waals surface area contributed by atoms with Crippen LogP contribution in [0.25, 0.3) is 0 Å². The van der Waals surface area contributed by atoms with Crippen LogP contribution < -0.4 is 10.1 Å². The molecule has 2 rings (SSSR count). The summed E-state index contributed by atoms with van der Waals surface area (Å²) in [4.78, 5) is 0. The van der Waals surface area contributed by atoms with Gasteiger partial charge in [0.05, 0.1) is 7.11 Å². The standard InChI is InChI=1S/C15H22FNO/c1-10-4-5-13(15(18-3)11(10)2)14(16)12-6-8-17-9-7-12/h4-5,12,14,17H,6-9H2,1-3H3. The van der Waals surface area contributed by atoms with E-state index in [-0.39, 0.29) is 5.92 Å². The van der Waals surface area contributed by atoms with Crippen LogP contribution >= 0.6 is 0 Å². The van der Waals surface area contributed by atoms with Gasteiger partial charge in [0.15, 0.2) is 0 Å². The molecule has 1 aromatic carbocycles. The van der Waals surface area contributed by atoms with E-state index in [0.29, 0.717) is 5.56 Å². The average Bonchev–Trinajstić information content (AvgIpc) is 2.42. The SMILES string of the molecule is COc1c(C(F)C2CCNCC2)ccc(C)c1C. The van der Waals surface area contributed by atoms with E-state index in [0.717, 1.165) is 42.8 Å². The monoisotopic (exact) mass is 251 g/mol. The van der Waals surface area contributed by atoms with Crippen LogP contribution in [0.5, 0.6) is 5.75 Å². The fraction of sp³-hybridized carbons (Fsp3) is 0.600. The molecule has 0 spiro atoms. The minimum atomic E-state index is -0.915. The number of ether oxygens (including phenoxy) is 1. The lowest BCUT2D eigenvalue weighted by Crippen LogP contribution is -2.30. The molecule has 0 aliphatic carbocycles. The zero-order chi connectivity index (χ0) is 13.1. The first-order valence-electron chi connectivity index (χ1n) is 6.64. The van der Waals surface area contributed by atoms with Crippen molar-refractivity contribution in [2.45, 2.75) is 32.9 Å². The maximum atomic E-state index is 14.7. The number of hydrogen-bond donors (Lipinski definition) is 1. The van der Waals surface area contributed by atoms with Crippen LogP contribution in [-0.2, 0) is 0 Å². The lowest BCUT2D eigenvalue weighted by atomic mass is 9.87. The van der Waals surface area contributed by atoms with Crippen LogP contribution in [0.4, 0.5) is 4.39 Å². The normalized spacial score (nSPS) is 18.7. The summed E-state index contributed by atoms with van der Waals surface area (Å²) in [6.45, 7) is 5.85. The number of rotatable bonds is 3. The summed E-state index contributed by atoms with van der Waals surface area (Å²) >= 11 is 0. The van der Waals surface area contributed by atoms with Gasteiger partial charge in [0.25, 0.3) is 0 Å². The Balaban J connectivity index is 2.28. The molecule has 1 N–H and O–H groups in total. The molecule has 0 radical (unpaired) electrons. The highest BCUT2D eigenvalue weighted by molar-refractivity contribution is 5.46. The van der Waals surface area contributed by atoms with E-state index < -0.39 is 6.17 Å². The molecule has 1 fully saturated rings. The molecule has 1 aliphatic heterocycles. The van der Waals surface area contributed by atoms with E-state index in [4.69, 9.17) is 4.74 Å². The number of benzene rings is 1. The molecule has 0 saturated carbocycles. The van der Waals surface area contributed by atoms with E-state index in [1.807, 2.05) is 26.0 Å². The number of halogens is 1. The summed E-state index contributed by atoms with van der Waals surface area (Å²) in [6, 6.07) is 3.87. The number of nitrogens with one attached hydrogen (secondary N) is 1. The van der Waals surface area contributed by atoms with Gasteiger partial charge in [-0.05, 0) is 56.8 Å². The molecule has 0 aromatic heterocycles. The van der Waals surface area contributed by atoms with Crippen LogP contribution in [0.3, 0.4) is 0 Å². The quantitative estimate of drug-likeness (QED) is 0.889. The van der Waals surface area contributed by atoms with Crippen LogP contribution in [0, 0.1) is 19.8 Å². The first kappa shape index (κ1) is 13.3. The van der Waals surface area contributed by atoms with Gasteiger partial charge >= 0.3 is 0 Å². The van der Waals surface area contributed by atoms with Crippen molar-refractivity contribution in [2.75, 3.05) is 20.2 Å². The lowest BCUT2D eigenvalue weighted by molar-refractivity contribution is 0.186. The van der Waals surface area contributed by atoms with Crippen molar-refractivity contribution in [2.24, 2.45) is 5.92 Å². The van der Waals surface area contributed by atoms with Crippen LogP contribution in [0.2, 0.25) is 0 Å². The summed E-state index contributed by atoms with van der Waals surface area (Å²) in [5.74, 6) is 0.836. The first-order valence-corrected chi connectivity index (χ1v) is 6.64. The van der Waals surface area contributed by atoms with Crippen molar-refractivity contribution in [3.05, 3.63) is 28.8 Å². The summed E-state index contributed by atoms with van der Waals surface area (Å²) in [5, 5.41) is 3.27. The molecule has 3 heteroatoms. The van der Waals surface area contributed by atoms with Crippen molar-refractivity contribution in [1.29, 1.82) is 0 Å². The summed E-state index contributed by atoms with van der Waals surface area (Å²) in [6.07, 6.45) is 0.885. The summed E-state index contributed by atoms with van der Waals surface area (Å²) in [7, 11) is 1.63. The molecule has 1 atom stereocenters. The van der Waals surface area contributed by atoms with Crippen LogP contribution in [0.1, 0.15) is 35.7 Å². The average molecular weight is 251 g/mol. The number of alkyl halides is 1. The Bertz CT molecular complexity index is 413. The third-order valence-corrected chi connectivity index (χ3v) is 4.01. The minimum Gasteiger partial charge on any atom is -0.496 e. The Morgan fingerprint density at radius 3 is 2.56 bits per heavy atom. The second-order valence-electron chi connectivity index (χ2n) is 5.12. The lowest BCUT2D eigenvalue weighted by Gasteiger charge is -2.27. The van der Waals surface area contributed by atoms with Gasteiger partial charge in [-0.3, -0.25) is 0 Å². The highest BCUT2D eigenvalue weighted by Crippen LogP contribution is 2.39. The van der Waals surface area contributed by atoms with Gasteiger partial charge in [0.1, 0.15) is 11.9 Å². The molecular formula is C15H22FNO. The molecule has 18 heavy (non-hydrogen) atoms. The van der Waals surface area contributed by atoms with E-state index in [2.05, 4.69) is 5.32 Å². The van der Waals surface area contributed by atoms with E-state index in [1.54, 1.807) is 7.11 Å². The van der Waals surface area contributed by atoms with Crippen molar-refractivity contribution >= 4 is 0 Å². The molecule has 1 saturated heterocycles. The van der Waals surface area contributed by atoms with Crippen molar-refractivity contribution < 1.29 is 9.13 Å². The predicted octanol–water partition coefficient (Wildman–Crippen LogP) is 3.32. The Labute approximate surface area is 109 Å². The number of piperidine rings is 1. The maximum absolute atomic E-state index is 14.7. The zero-order valence-corrected chi connectivity index (χ0v) is 11.4. The van der Waals surface area contributed by atoms with Gasteiger partial charge < -0.3 is 10.1 Å². The number of hydrogen-bond acceptors (Lipinski definition) is 2. The zero-order valence-electron chi connectivity index (χ0n) is 11.4. The van der Waals surface area contributed by atoms with Crippen molar-refractivity contribution in [3.8, 4) is 5.75 Å². The van der Waals surface area contributed by atoms with E-state index >= 15 is 0 Å². The van der Waals surface area contributed by atoms with Gasteiger partial charge in [0, 0.05) is 5.56 Å². The summed E-state index contributed by atoms with van der Waals surface area (Å²) < 4.78 is 20.1. The Kier molecular flexibility index (Phi) is 4.23. The largest absolute Gasteiger partial charge is 0.496 e. The highest BCUT2D eigenvalue weighted by Gasteiger charge is 2.27. The topological polar surface area (TPSA) is 21.3 Å². The van der Waals surface area contributed by atoms with Gasteiger partial charge in [-0.1, -0.05) is 12.1 Å². The fourth-order valence-electron chi connectivity index (χ4n) is 2.69. The van der Waals surface area contributed by atoms with Gasteiger partial charge in [0.2, 0.25) is 0 Å². The highest BCUT2D eigenvalue weighted by atomic mass is 19.1. The maximum Gasteiger partial charge on any atom is 0.132 e. The minimum absolute atomic E-state index is 0.113. The van der Waals surface area contributed by atoms with Gasteiger partial charge in [-0.2, -0.15) is 0 Å². The third-order valence-electron chi connectivity index (χ3n) is 4.01. The second kappa shape index (κ2) is 5.70. The Morgan fingerprint density at radius 2 is 1.94 bits per heavy atom. The molecule has 1 aromatic rings. The van der Waals surface area contributed by atoms with Crippen LogP contribution in [-0.4, -0.2) is 20.2 Å². The van der Waals surface area contributed by atoms with Gasteiger partial charge in [-0.25, -0.2) is 4.39 Å². The second-order valence-corrected chi connectivity index (χ2v) is 5.12. The molecule has 1 aliphatic rings.